The van der Waals surface area contributed by atoms with Gasteiger partial charge in [0.05, 0.1) is 24.2 Å². The van der Waals surface area contributed by atoms with Crippen LogP contribution in [0.5, 0.6) is 0 Å². The van der Waals surface area contributed by atoms with Crippen molar-refractivity contribution < 1.29 is 23.8 Å². The van der Waals surface area contributed by atoms with Crippen LogP contribution in [0.1, 0.15) is 29.3 Å². The zero-order valence-corrected chi connectivity index (χ0v) is 13.8. The normalized spacial score (nSPS) is 10.7. The van der Waals surface area contributed by atoms with Gasteiger partial charge < -0.3 is 14.7 Å². The zero-order valence-electron chi connectivity index (χ0n) is 13.8. The Labute approximate surface area is 138 Å². The maximum absolute atomic E-state index is 13.9. The molecule has 0 bridgehead atoms. The Morgan fingerprint density at radius 1 is 1.38 bits per heavy atom. The number of aliphatic carboxylic acids is 1. The van der Waals surface area contributed by atoms with Crippen LogP contribution >= 0.6 is 0 Å². The van der Waals surface area contributed by atoms with Gasteiger partial charge in [-0.25, -0.2) is 9.18 Å². The highest BCUT2D eigenvalue weighted by atomic mass is 19.1. The minimum absolute atomic E-state index is 0.114. The number of hydrogen-bond donors (Lipinski definition) is 1. The van der Waals surface area contributed by atoms with E-state index >= 15 is 0 Å². The van der Waals surface area contributed by atoms with Gasteiger partial charge in [0, 0.05) is 25.2 Å². The maximum Gasteiger partial charge on any atom is 0.341 e. The van der Waals surface area contributed by atoms with Crippen molar-refractivity contribution in [3.05, 3.63) is 35.3 Å². The van der Waals surface area contributed by atoms with E-state index < -0.39 is 17.8 Å². The molecule has 0 spiro atoms. The lowest BCUT2D eigenvalue weighted by Gasteiger charge is -2.23. The lowest BCUT2D eigenvalue weighted by molar-refractivity contribution is -0.136. The van der Waals surface area contributed by atoms with Crippen LogP contribution < -0.4 is 4.90 Å². The Bertz CT molecular complexity index is 792. The van der Waals surface area contributed by atoms with Gasteiger partial charge in [-0.05, 0) is 31.5 Å². The molecule has 1 N–H and O–H groups in total. The second-order valence-electron chi connectivity index (χ2n) is 5.43. The molecule has 0 aliphatic rings. The number of hydrogen-bond acceptors (Lipinski definition) is 5. The number of pyridine rings is 1. The van der Waals surface area contributed by atoms with Gasteiger partial charge in [0.1, 0.15) is 11.4 Å². The van der Waals surface area contributed by atoms with Crippen LogP contribution in [-0.2, 0) is 9.53 Å². The molecule has 6 nitrogen and oxygen atoms in total. The summed E-state index contributed by atoms with van der Waals surface area (Å²) in [7, 11) is 1.65. The molecule has 1 heterocycles. The Morgan fingerprint density at radius 3 is 2.71 bits per heavy atom. The molecule has 0 radical (unpaired) electrons. The Hall–Kier alpha value is -2.70. The standard InChI is InChI=1S/C17H19FN2O4/c1-4-24-17(23)13-9-19-15-10(2)7-11(18)8-12(15)16(13)20(3)6-5-14(21)22/h7-9H,4-6H2,1-3H3,(H,21,22). The molecule has 1 aromatic carbocycles. The molecule has 7 heteroatoms. The summed E-state index contributed by atoms with van der Waals surface area (Å²) in [6.07, 6.45) is 1.27. The summed E-state index contributed by atoms with van der Waals surface area (Å²) < 4.78 is 18.9. The fourth-order valence-electron chi connectivity index (χ4n) is 2.57. The number of fused-ring (bicyclic) bond motifs is 1. The highest BCUT2D eigenvalue weighted by molar-refractivity contribution is 6.05. The first-order valence-corrected chi connectivity index (χ1v) is 7.54. The van der Waals surface area contributed by atoms with E-state index in [1.807, 2.05) is 0 Å². The van der Waals surface area contributed by atoms with Crippen LogP contribution in [0.15, 0.2) is 18.3 Å². The van der Waals surface area contributed by atoms with Gasteiger partial charge in [-0.15, -0.1) is 0 Å². The number of benzene rings is 1. The van der Waals surface area contributed by atoms with Crippen molar-refractivity contribution in [1.29, 1.82) is 0 Å². The van der Waals surface area contributed by atoms with Gasteiger partial charge in [-0.3, -0.25) is 9.78 Å². The third-order valence-electron chi connectivity index (χ3n) is 3.64. The minimum atomic E-state index is -0.958. The predicted octanol–water partition coefficient (Wildman–Crippen LogP) is 2.77. The average molecular weight is 334 g/mol. The van der Waals surface area contributed by atoms with E-state index in [9.17, 15) is 14.0 Å². The molecular weight excluding hydrogens is 315 g/mol. The van der Waals surface area contributed by atoms with Crippen LogP contribution in [0.4, 0.5) is 10.1 Å². The molecule has 128 valence electrons. The molecule has 0 fully saturated rings. The Kier molecular flexibility index (Phi) is 5.33. The number of rotatable bonds is 6. The van der Waals surface area contributed by atoms with Gasteiger partial charge >= 0.3 is 11.9 Å². The van der Waals surface area contributed by atoms with Crippen molar-refractivity contribution in [1.82, 2.24) is 4.98 Å². The van der Waals surface area contributed by atoms with Crippen molar-refractivity contribution >= 4 is 28.5 Å². The third kappa shape index (κ3) is 3.61. The van der Waals surface area contributed by atoms with Gasteiger partial charge in [0.2, 0.25) is 0 Å². The molecule has 1 aromatic heterocycles. The molecule has 0 atom stereocenters. The smallest absolute Gasteiger partial charge is 0.341 e. The number of anilines is 1. The summed E-state index contributed by atoms with van der Waals surface area (Å²) in [5.41, 5.74) is 1.79. The quantitative estimate of drug-likeness (QED) is 0.818. The highest BCUT2D eigenvalue weighted by Gasteiger charge is 2.21. The first-order valence-electron chi connectivity index (χ1n) is 7.54. The van der Waals surface area contributed by atoms with Crippen molar-refractivity contribution in [2.45, 2.75) is 20.3 Å². The van der Waals surface area contributed by atoms with Crippen LogP contribution in [0.25, 0.3) is 10.9 Å². The third-order valence-corrected chi connectivity index (χ3v) is 3.64. The van der Waals surface area contributed by atoms with E-state index in [4.69, 9.17) is 9.84 Å². The molecule has 0 amide bonds. The lowest BCUT2D eigenvalue weighted by Crippen LogP contribution is -2.24. The van der Waals surface area contributed by atoms with Crippen molar-refractivity contribution in [2.75, 3.05) is 25.1 Å². The number of carbonyl (C=O) groups is 2. The number of carboxylic acids is 1. The fourth-order valence-corrected chi connectivity index (χ4v) is 2.57. The van der Waals surface area contributed by atoms with Crippen molar-refractivity contribution in [3.8, 4) is 0 Å². The van der Waals surface area contributed by atoms with Crippen LogP contribution in [0.2, 0.25) is 0 Å². The van der Waals surface area contributed by atoms with Gasteiger partial charge in [-0.2, -0.15) is 0 Å². The topological polar surface area (TPSA) is 79.7 Å². The monoisotopic (exact) mass is 334 g/mol. The lowest BCUT2D eigenvalue weighted by atomic mass is 10.0. The first-order chi connectivity index (χ1) is 11.3. The molecular formula is C17H19FN2O4. The Balaban J connectivity index is 2.65. The molecule has 24 heavy (non-hydrogen) atoms. The molecule has 0 unspecified atom stereocenters. The largest absolute Gasteiger partial charge is 0.481 e. The number of nitrogens with zero attached hydrogens (tertiary/aromatic N) is 2. The van der Waals surface area contributed by atoms with Gasteiger partial charge in [0.25, 0.3) is 0 Å². The predicted molar refractivity (Wildman–Crippen MR) is 87.9 cm³/mol. The highest BCUT2D eigenvalue weighted by Crippen LogP contribution is 2.32. The Morgan fingerprint density at radius 2 is 2.08 bits per heavy atom. The minimum Gasteiger partial charge on any atom is -0.481 e. The van der Waals surface area contributed by atoms with Crippen LogP contribution in [0.3, 0.4) is 0 Å². The molecule has 2 aromatic rings. The number of carboxylic acid groups (broad SMARTS) is 1. The molecule has 0 saturated carbocycles. The molecule has 0 aliphatic carbocycles. The number of carbonyl (C=O) groups excluding carboxylic acids is 1. The molecule has 2 rings (SSSR count). The van der Waals surface area contributed by atoms with Crippen molar-refractivity contribution in [2.24, 2.45) is 0 Å². The number of halogens is 1. The molecule has 0 saturated heterocycles. The first kappa shape index (κ1) is 17.7. The summed E-state index contributed by atoms with van der Waals surface area (Å²) in [5, 5.41) is 9.33. The SMILES string of the molecule is CCOC(=O)c1cnc2c(C)cc(F)cc2c1N(C)CCC(=O)O. The van der Waals surface area contributed by atoms with Gasteiger partial charge in [0.15, 0.2) is 0 Å². The maximum atomic E-state index is 13.9. The van der Waals surface area contributed by atoms with E-state index in [-0.39, 0.29) is 25.1 Å². The fraction of sp³-hybridized carbons (Fsp3) is 0.353. The van der Waals surface area contributed by atoms with Crippen molar-refractivity contribution in [3.63, 3.8) is 0 Å². The molecule has 0 aliphatic heterocycles. The summed E-state index contributed by atoms with van der Waals surface area (Å²) in [6.45, 7) is 3.77. The second-order valence-corrected chi connectivity index (χ2v) is 5.43. The number of ether oxygens (including phenoxy) is 1. The van der Waals surface area contributed by atoms with Crippen LogP contribution in [0, 0.1) is 12.7 Å². The van der Waals surface area contributed by atoms with E-state index in [0.717, 1.165) is 0 Å². The van der Waals surface area contributed by atoms with Crippen LogP contribution in [-0.4, -0.2) is 42.2 Å². The van der Waals surface area contributed by atoms with Gasteiger partial charge in [-0.1, -0.05) is 0 Å². The zero-order chi connectivity index (χ0) is 17.9. The van der Waals surface area contributed by atoms with E-state index in [1.165, 1.54) is 18.3 Å². The second kappa shape index (κ2) is 7.25. The van der Waals surface area contributed by atoms with E-state index in [0.29, 0.717) is 22.2 Å². The number of aromatic nitrogens is 1. The summed E-state index contributed by atoms with van der Waals surface area (Å²) in [4.78, 5) is 28.9. The number of esters is 1. The van der Waals surface area contributed by atoms with E-state index in [1.54, 1.807) is 25.8 Å². The summed E-state index contributed by atoms with van der Waals surface area (Å²) >= 11 is 0. The average Bonchev–Trinajstić information content (AvgIpc) is 2.51. The summed E-state index contributed by atoms with van der Waals surface area (Å²) in [5.74, 6) is -1.98. The number of aryl methyl sites for hydroxylation is 1. The van der Waals surface area contributed by atoms with E-state index in [2.05, 4.69) is 4.98 Å². The summed E-state index contributed by atoms with van der Waals surface area (Å²) in [6, 6.07) is 2.66.